The molecule has 0 amide bonds. The lowest BCUT2D eigenvalue weighted by Crippen LogP contribution is -2.48. The highest BCUT2D eigenvalue weighted by atomic mass is 19.4. The topological polar surface area (TPSA) is 65.7 Å². The van der Waals surface area contributed by atoms with Gasteiger partial charge in [-0.25, -0.2) is 13.8 Å². The molecule has 2 aliphatic rings. The number of piperidine rings is 1. The van der Waals surface area contributed by atoms with Crippen LogP contribution in [0.4, 0.5) is 33.8 Å². The van der Waals surface area contributed by atoms with E-state index in [9.17, 15) is 26.7 Å². The molecule has 4 heterocycles. The Bertz CT molecular complexity index is 1590. The Hall–Kier alpha value is -4.32. The number of pyridine rings is 1. The van der Waals surface area contributed by atoms with Gasteiger partial charge in [0.15, 0.2) is 5.69 Å². The maximum atomic E-state index is 13.8. The number of anilines is 2. The molecule has 7 nitrogen and oxygen atoms in total. The van der Waals surface area contributed by atoms with Crippen molar-refractivity contribution in [3.8, 4) is 0 Å². The van der Waals surface area contributed by atoms with Gasteiger partial charge in [0, 0.05) is 51.9 Å². The first-order valence-electron chi connectivity index (χ1n) is 15.4. The smallest absolute Gasteiger partial charge is 0.420 e. The molecule has 6 rings (SSSR count). The minimum absolute atomic E-state index is 0.170. The molecular weight excluding hydrogens is 605 g/mol. The SMILES string of the molecule is CC1CCCN(c2nc(C(F)(F)F)c(C(=O)Cc3ccc(N4CCN(C(c5ccc(F)cc5)c5ccc(F)cc5)CC4)nc3)o2)C1. The Balaban J connectivity index is 1.12. The van der Waals surface area contributed by atoms with Crippen LogP contribution in [0.25, 0.3) is 0 Å². The average Bonchev–Trinajstić information content (AvgIpc) is 3.51. The van der Waals surface area contributed by atoms with Gasteiger partial charge in [0.1, 0.15) is 17.5 Å². The first-order chi connectivity index (χ1) is 22.0. The van der Waals surface area contributed by atoms with Gasteiger partial charge in [0.25, 0.3) is 6.01 Å². The predicted molar refractivity (Wildman–Crippen MR) is 163 cm³/mol. The summed E-state index contributed by atoms with van der Waals surface area (Å²) in [4.78, 5) is 27.3. The lowest BCUT2D eigenvalue weighted by Gasteiger charge is -2.40. The molecule has 2 aliphatic heterocycles. The Morgan fingerprint density at radius 3 is 2.07 bits per heavy atom. The lowest BCUT2D eigenvalue weighted by molar-refractivity contribution is -0.141. The summed E-state index contributed by atoms with van der Waals surface area (Å²) in [6, 6.07) is 15.7. The second-order valence-corrected chi connectivity index (χ2v) is 12.0. The van der Waals surface area contributed by atoms with Crippen LogP contribution >= 0.6 is 0 Å². The van der Waals surface area contributed by atoms with Crippen LogP contribution in [-0.4, -0.2) is 59.9 Å². The summed E-state index contributed by atoms with van der Waals surface area (Å²) in [5.74, 6) is -1.30. The molecular formula is C34H34F5N5O2. The van der Waals surface area contributed by atoms with Crippen molar-refractivity contribution in [2.45, 2.75) is 38.4 Å². The number of hydrogen-bond acceptors (Lipinski definition) is 7. The Morgan fingerprint density at radius 1 is 0.891 bits per heavy atom. The van der Waals surface area contributed by atoms with Gasteiger partial charge in [-0.2, -0.15) is 18.2 Å². The van der Waals surface area contributed by atoms with Gasteiger partial charge in [0.2, 0.25) is 11.5 Å². The summed E-state index contributed by atoms with van der Waals surface area (Å²) in [5.41, 5.74) is 0.948. The molecule has 2 aromatic carbocycles. The molecule has 1 unspecified atom stereocenters. The molecule has 0 aliphatic carbocycles. The van der Waals surface area contributed by atoms with E-state index in [1.165, 1.54) is 30.5 Å². The van der Waals surface area contributed by atoms with Crippen LogP contribution in [-0.2, 0) is 12.6 Å². The van der Waals surface area contributed by atoms with E-state index in [0.717, 1.165) is 24.0 Å². The summed E-state index contributed by atoms with van der Waals surface area (Å²) in [5, 5.41) is 0. The van der Waals surface area contributed by atoms with Crippen LogP contribution in [0.3, 0.4) is 0 Å². The first kappa shape index (κ1) is 31.7. The van der Waals surface area contributed by atoms with Gasteiger partial charge < -0.3 is 14.2 Å². The number of halogens is 5. The fourth-order valence-corrected chi connectivity index (χ4v) is 6.28. The van der Waals surface area contributed by atoms with Crippen molar-refractivity contribution in [3.05, 3.63) is 107 Å². The summed E-state index contributed by atoms with van der Waals surface area (Å²) >= 11 is 0. The molecule has 12 heteroatoms. The number of aromatic nitrogens is 2. The number of Topliss-reactive ketones (excluding diaryl/α,β-unsaturated/α-hetero) is 1. The summed E-state index contributed by atoms with van der Waals surface area (Å²) in [6.07, 6.45) is -1.86. The molecule has 0 spiro atoms. The minimum atomic E-state index is -4.83. The van der Waals surface area contributed by atoms with E-state index in [0.29, 0.717) is 50.6 Å². The number of ketones is 1. The molecule has 2 aromatic heterocycles. The Morgan fingerprint density at radius 2 is 1.52 bits per heavy atom. The fraction of sp³-hybridized carbons (Fsp3) is 0.382. The van der Waals surface area contributed by atoms with E-state index >= 15 is 0 Å². The van der Waals surface area contributed by atoms with E-state index in [4.69, 9.17) is 4.42 Å². The van der Waals surface area contributed by atoms with Crippen molar-refractivity contribution in [1.82, 2.24) is 14.9 Å². The first-order valence-corrected chi connectivity index (χ1v) is 15.4. The zero-order valence-electron chi connectivity index (χ0n) is 25.3. The van der Waals surface area contributed by atoms with Crippen LogP contribution in [0.1, 0.15) is 58.7 Å². The number of benzene rings is 2. The normalized spacial score (nSPS) is 17.9. The van der Waals surface area contributed by atoms with Crippen LogP contribution in [0, 0.1) is 17.6 Å². The van der Waals surface area contributed by atoms with Gasteiger partial charge in [-0.15, -0.1) is 0 Å². The van der Waals surface area contributed by atoms with E-state index in [-0.39, 0.29) is 36.0 Å². The highest BCUT2D eigenvalue weighted by molar-refractivity contribution is 5.96. The van der Waals surface area contributed by atoms with Crippen LogP contribution in [0.15, 0.2) is 71.3 Å². The van der Waals surface area contributed by atoms with Gasteiger partial charge >= 0.3 is 6.18 Å². The second kappa shape index (κ2) is 13.2. The Labute approximate surface area is 263 Å². The van der Waals surface area contributed by atoms with Gasteiger partial charge in [-0.1, -0.05) is 37.3 Å². The molecule has 0 saturated carbocycles. The van der Waals surface area contributed by atoms with Crippen molar-refractivity contribution in [1.29, 1.82) is 0 Å². The number of piperazine rings is 1. The highest BCUT2D eigenvalue weighted by Crippen LogP contribution is 2.36. The van der Waals surface area contributed by atoms with E-state index in [1.54, 1.807) is 41.3 Å². The minimum Gasteiger partial charge on any atom is -0.420 e. The molecule has 0 radical (unpaired) electrons. The van der Waals surface area contributed by atoms with Crippen molar-refractivity contribution >= 4 is 17.6 Å². The van der Waals surface area contributed by atoms with Crippen molar-refractivity contribution in [3.63, 3.8) is 0 Å². The number of carbonyl (C=O) groups is 1. The maximum Gasteiger partial charge on any atom is 0.437 e. The van der Waals surface area contributed by atoms with Crippen LogP contribution in [0.2, 0.25) is 0 Å². The largest absolute Gasteiger partial charge is 0.437 e. The number of carbonyl (C=O) groups excluding carboxylic acids is 1. The average molecular weight is 640 g/mol. The molecule has 242 valence electrons. The molecule has 46 heavy (non-hydrogen) atoms. The highest BCUT2D eigenvalue weighted by Gasteiger charge is 2.42. The molecule has 0 bridgehead atoms. The third kappa shape index (κ3) is 7.06. The quantitative estimate of drug-likeness (QED) is 0.153. The zero-order valence-corrected chi connectivity index (χ0v) is 25.3. The molecule has 2 fully saturated rings. The van der Waals surface area contributed by atoms with Gasteiger partial charge in [-0.05, 0) is 65.8 Å². The number of alkyl halides is 3. The molecule has 1 atom stereocenters. The van der Waals surface area contributed by atoms with E-state index in [2.05, 4.69) is 19.8 Å². The van der Waals surface area contributed by atoms with Gasteiger partial charge in [0.05, 0.1) is 6.04 Å². The lowest BCUT2D eigenvalue weighted by atomic mass is 9.96. The van der Waals surface area contributed by atoms with Crippen molar-refractivity contribution < 1.29 is 31.2 Å². The van der Waals surface area contributed by atoms with Crippen molar-refractivity contribution in [2.75, 3.05) is 49.1 Å². The fourth-order valence-electron chi connectivity index (χ4n) is 6.28. The monoisotopic (exact) mass is 639 g/mol. The van der Waals surface area contributed by atoms with Crippen LogP contribution < -0.4 is 9.80 Å². The van der Waals surface area contributed by atoms with E-state index in [1.807, 2.05) is 6.92 Å². The van der Waals surface area contributed by atoms with Crippen molar-refractivity contribution in [2.24, 2.45) is 5.92 Å². The number of oxazole rings is 1. The van der Waals surface area contributed by atoms with Crippen LogP contribution in [0.5, 0.6) is 0 Å². The molecule has 2 saturated heterocycles. The third-order valence-corrected chi connectivity index (χ3v) is 8.61. The molecule has 0 N–H and O–H groups in total. The predicted octanol–water partition coefficient (Wildman–Crippen LogP) is 6.94. The zero-order chi connectivity index (χ0) is 32.4. The Kier molecular flexibility index (Phi) is 9.08. The standard InChI is InChI=1S/C34H34F5N5O2/c1-22-3-2-14-44(21-22)33-41-32(34(37,38)39)31(46-33)28(45)19-23-4-13-29(40-20-23)42-15-17-43(18-16-42)30(24-5-9-26(35)10-6-24)25-7-11-27(36)12-8-25/h4-13,20,22,30H,2-3,14-19,21H2,1H3. The second-order valence-electron chi connectivity index (χ2n) is 12.0. The number of nitrogens with zero attached hydrogens (tertiary/aromatic N) is 5. The summed E-state index contributed by atoms with van der Waals surface area (Å²) in [6.45, 7) is 5.58. The maximum absolute atomic E-state index is 13.8. The van der Waals surface area contributed by atoms with Gasteiger partial charge in [-0.3, -0.25) is 9.69 Å². The van der Waals surface area contributed by atoms with E-state index < -0.39 is 23.4 Å². The summed E-state index contributed by atoms with van der Waals surface area (Å²) < 4.78 is 74.3. The third-order valence-electron chi connectivity index (χ3n) is 8.61. The number of hydrogen-bond donors (Lipinski definition) is 0. The molecule has 4 aromatic rings. The summed E-state index contributed by atoms with van der Waals surface area (Å²) in [7, 11) is 0. The number of rotatable bonds is 8.